The van der Waals surface area contributed by atoms with Crippen LogP contribution in [0, 0.1) is 6.92 Å². The fraction of sp³-hybridized carbons (Fsp3) is 0.533. The molecule has 2 aromatic rings. The van der Waals surface area contributed by atoms with Crippen molar-refractivity contribution in [3.63, 3.8) is 0 Å². The highest BCUT2D eigenvalue weighted by Gasteiger charge is 2.33. The monoisotopic (exact) mass is 541 g/mol. The second kappa shape index (κ2) is 12.3. The van der Waals surface area contributed by atoms with Crippen molar-refractivity contribution in [1.29, 1.82) is 0 Å². The highest BCUT2D eigenvalue weighted by atomic mass is 32.2. The zero-order chi connectivity index (χ0) is 28.1. The number of anilines is 1. The molecule has 38 heavy (non-hydrogen) atoms. The zero-order valence-corrected chi connectivity index (χ0v) is 24.5. The molecule has 1 saturated carbocycles. The van der Waals surface area contributed by atoms with Crippen LogP contribution in [0.4, 0.5) is 5.69 Å². The topological polar surface area (TPSA) is 86.8 Å². The van der Waals surface area contributed by atoms with Crippen molar-refractivity contribution in [3.8, 4) is 0 Å². The Bertz CT molecular complexity index is 1210. The first-order valence-electron chi connectivity index (χ1n) is 13.5. The molecule has 1 aliphatic carbocycles. The lowest BCUT2D eigenvalue weighted by molar-refractivity contribution is -0.140. The van der Waals surface area contributed by atoms with Crippen molar-refractivity contribution in [2.24, 2.45) is 0 Å². The predicted molar refractivity (Wildman–Crippen MR) is 154 cm³/mol. The minimum atomic E-state index is -3.76. The Balaban J connectivity index is 1.93. The van der Waals surface area contributed by atoms with E-state index in [1.165, 1.54) is 0 Å². The Morgan fingerprint density at radius 2 is 1.63 bits per heavy atom. The lowest BCUT2D eigenvalue weighted by atomic mass is 9.87. The van der Waals surface area contributed by atoms with Gasteiger partial charge in [-0.3, -0.25) is 13.9 Å². The third-order valence-electron chi connectivity index (χ3n) is 7.39. The summed E-state index contributed by atoms with van der Waals surface area (Å²) in [6.45, 7) is 9.96. The lowest BCUT2D eigenvalue weighted by Gasteiger charge is -2.34. The molecule has 1 aliphatic rings. The Morgan fingerprint density at radius 1 is 1.03 bits per heavy atom. The van der Waals surface area contributed by atoms with Crippen LogP contribution in [0.15, 0.2) is 48.5 Å². The zero-order valence-electron chi connectivity index (χ0n) is 23.7. The van der Waals surface area contributed by atoms with E-state index in [9.17, 15) is 18.0 Å². The standard InChI is InChI=1S/C30H43N3O4S/c1-7-27(29(35)31-25-14-10-11-15-25)32(20-23-13-9-8-12-22(23)2)28(34)21-33(38(6,36)37)26-18-16-24(17-19-26)30(3,4)5/h8-9,12-13,16-19,25,27H,7,10-11,14-15,20-21H2,1-6H3,(H,31,35)/t27-/m0/s1. The van der Waals surface area contributed by atoms with Crippen molar-refractivity contribution in [2.45, 2.75) is 90.8 Å². The van der Waals surface area contributed by atoms with E-state index in [0.717, 1.165) is 52.9 Å². The van der Waals surface area contributed by atoms with Gasteiger partial charge < -0.3 is 10.2 Å². The molecule has 0 aliphatic heterocycles. The van der Waals surface area contributed by atoms with Gasteiger partial charge in [0.2, 0.25) is 21.8 Å². The number of carbonyl (C=O) groups is 2. The first kappa shape index (κ1) is 29.7. The van der Waals surface area contributed by atoms with E-state index < -0.39 is 22.0 Å². The molecule has 2 aromatic carbocycles. The Morgan fingerprint density at radius 3 is 2.16 bits per heavy atom. The molecule has 0 aromatic heterocycles. The summed E-state index contributed by atoms with van der Waals surface area (Å²) in [7, 11) is -3.76. The number of nitrogens with zero attached hydrogens (tertiary/aromatic N) is 2. The van der Waals surface area contributed by atoms with Crippen molar-refractivity contribution in [1.82, 2.24) is 10.2 Å². The predicted octanol–water partition coefficient (Wildman–Crippen LogP) is 4.92. The summed E-state index contributed by atoms with van der Waals surface area (Å²) in [5, 5.41) is 3.14. The number of amides is 2. The molecule has 1 fully saturated rings. The highest BCUT2D eigenvalue weighted by Crippen LogP contribution is 2.27. The normalized spacial score (nSPS) is 15.2. The molecule has 0 bridgehead atoms. The van der Waals surface area contributed by atoms with Gasteiger partial charge in [0.15, 0.2) is 0 Å². The number of benzene rings is 2. The summed E-state index contributed by atoms with van der Waals surface area (Å²) < 4.78 is 26.9. The van der Waals surface area contributed by atoms with Gasteiger partial charge in [0.05, 0.1) is 11.9 Å². The lowest BCUT2D eigenvalue weighted by Crippen LogP contribution is -2.53. The van der Waals surface area contributed by atoms with Crippen LogP contribution in [-0.4, -0.2) is 50.0 Å². The highest BCUT2D eigenvalue weighted by molar-refractivity contribution is 7.92. The molecule has 3 rings (SSSR count). The molecule has 0 unspecified atom stereocenters. The first-order valence-corrected chi connectivity index (χ1v) is 15.4. The van der Waals surface area contributed by atoms with Gasteiger partial charge in [-0.25, -0.2) is 8.42 Å². The molecule has 1 atom stereocenters. The Kier molecular flexibility index (Phi) is 9.63. The third-order valence-corrected chi connectivity index (χ3v) is 8.53. The summed E-state index contributed by atoms with van der Waals surface area (Å²) in [4.78, 5) is 28.8. The second-order valence-electron chi connectivity index (χ2n) is 11.4. The van der Waals surface area contributed by atoms with Gasteiger partial charge in [0, 0.05) is 12.6 Å². The van der Waals surface area contributed by atoms with Gasteiger partial charge in [-0.2, -0.15) is 0 Å². The molecule has 0 heterocycles. The SMILES string of the molecule is CC[C@@H](C(=O)NC1CCCC1)N(Cc1ccccc1C)C(=O)CN(c1ccc(C(C)(C)C)cc1)S(C)(=O)=O. The molecule has 0 spiro atoms. The van der Waals surface area contributed by atoms with E-state index in [1.807, 2.05) is 50.2 Å². The summed E-state index contributed by atoms with van der Waals surface area (Å²) >= 11 is 0. The number of aryl methyl sites for hydroxylation is 1. The van der Waals surface area contributed by atoms with E-state index in [4.69, 9.17) is 0 Å². The minimum absolute atomic E-state index is 0.0877. The van der Waals surface area contributed by atoms with Gasteiger partial charge in [-0.1, -0.05) is 76.9 Å². The summed E-state index contributed by atoms with van der Waals surface area (Å²) in [6.07, 6.45) is 5.60. The quantitative estimate of drug-likeness (QED) is 0.462. The van der Waals surface area contributed by atoms with Crippen molar-refractivity contribution < 1.29 is 18.0 Å². The van der Waals surface area contributed by atoms with Gasteiger partial charge in [0.25, 0.3) is 0 Å². The Hall–Kier alpha value is -2.87. The van der Waals surface area contributed by atoms with Crippen molar-refractivity contribution in [2.75, 3.05) is 17.1 Å². The molecule has 2 amide bonds. The number of rotatable bonds is 10. The molecule has 0 saturated heterocycles. The Labute approximate surface area is 228 Å². The molecule has 7 nitrogen and oxygen atoms in total. The second-order valence-corrected chi connectivity index (χ2v) is 13.3. The van der Waals surface area contributed by atoms with Crippen LogP contribution < -0.4 is 9.62 Å². The average molecular weight is 542 g/mol. The molecule has 0 radical (unpaired) electrons. The van der Waals surface area contributed by atoms with Crippen LogP contribution in [0.5, 0.6) is 0 Å². The van der Waals surface area contributed by atoms with Gasteiger partial charge in [-0.15, -0.1) is 0 Å². The number of hydrogen-bond donors (Lipinski definition) is 1. The van der Waals surface area contributed by atoms with Crippen LogP contribution in [-0.2, 0) is 31.6 Å². The maximum atomic E-state index is 13.9. The fourth-order valence-electron chi connectivity index (χ4n) is 5.00. The maximum absolute atomic E-state index is 13.9. The molecular weight excluding hydrogens is 498 g/mol. The van der Waals surface area contributed by atoms with Crippen LogP contribution in [0.3, 0.4) is 0 Å². The summed E-state index contributed by atoms with van der Waals surface area (Å²) in [5.41, 5.74) is 3.34. The van der Waals surface area contributed by atoms with E-state index >= 15 is 0 Å². The number of carbonyl (C=O) groups excluding carboxylic acids is 2. The minimum Gasteiger partial charge on any atom is -0.352 e. The van der Waals surface area contributed by atoms with Crippen molar-refractivity contribution >= 4 is 27.5 Å². The van der Waals surface area contributed by atoms with Crippen LogP contribution >= 0.6 is 0 Å². The third kappa shape index (κ3) is 7.59. The van der Waals surface area contributed by atoms with Gasteiger partial charge in [0.1, 0.15) is 12.6 Å². The van der Waals surface area contributed by atoms with E-state index in [1.54, 1.807) is 17.0 Å². The number of hydrogen-bond acceptors (Lipinski definition) is 4. The largest absolute Gasteiger partial charge is 0.352 e. The maximum Gasteiger partial charge on any atom is 0.244 e. The van der Waals surface area contributed by atoms with E-state index in [2.05, 4.69) is 26.1 Å². The molecule has 1 N–H and O–H groups in total. The number of sulfonamides is 1. The molecule has 8 heteroatoms. The van der Waals surface area contributed by atoms with Crippen LogP contribution in [0.1, 0.15) is 76.5 Å². The summed E-state index contributed by atoms with van der Waals surface area (Å²) in [5.74, 6) is -0.589. The summed E-state index contributed by atoms with van der Waals surface area (Å²) in [6, 6.07) is 14.4. The fourth-order valence-corrected chi connectivity index (χ4v) is 5.85. The first-order chi connectivity index (χ1) is 17.8. The van der Waals surface area contributed by atoms with Crippen LogP contribution in [0.25, 0.3) is 0 Å². The van der Waals surface area contributed by atoms with Gasteiger partial charge >= 0.3 is 0 Å². The molecule has 208 valence electrons. The molecular formula is C30H43N3O4S. The number of nitrogens with one attached hydrogen (secondary N) is 1. The van der Waals surface area contributed by atoms with Crippen LogP contribution in [0.2, 0.25) is 0 Å². The van der Waals surface area contributed by atoms with Crippen molar-refractivity contribution in [3.05, 3.63) is 65.2 Å². The van der Waals surface area contributed by atoms with E-state index in [0.29, 0.717) is 12.1 Å². The van der Waals surface area contributed by atoms with E-state index in [-0.39, 0.29) is 30.5 Å². The average Bonchev–Trinajstić information content (AvgIpc) is 3.35. The van der Waals surface area contributed by atoms with Gasteiger partial charge in [-0.05, 0) is 60.4 Å². The smallest absolute Gasteiger partial charge is 0.244 e.